The van der Waals surface area contributed by atoms with E-state index in [0.29, 0.717) is 5.82 Å². The third-order valence-corrected chi connectivity index (χ3v) is 3.79. The van der Waals surface area contributed by atoms with Crippen LogP contribution >= 0.6 is 0 Å². The molecule has 2 rings (SSSR count). The average molecular weight is 380 g/mol. The van der Waals surface area contributed by atoms with Gasteiger partial charge >= 0.3 is 5.97 Å². The van der Waals surface area contributed by atoms with Gasteiger partial charge in [0.05, 0.1) is 23.7 Å². The number of nitrogens with zero attached hydrogens (tertiary/aromatic N) is 2. The van der Waals surface area contributed by atoms with Crippen LogP contribution < -0.4 is 10.0 Å². The summed E-state index contributed by atoms with van der Waals surface area (Å²) in [4.78, 5) is 24.2. The molecule has 0 fully saturated rings. The van der Waals surface area contributed by atoms with E-state index in [0.717, 1.165) is 6.26 Å². The van der Waals surface area contributed by atoms with E-state index in [1.165, 1.54) is 12.1 Å². The molecule has 1 aromatic carbocycles. The number of benzene rings is 1. The molecule has 2 N–H and O–H groups in total. The normalized spacial score (nSPS) is 11.2. The molecular weight excluding hydrogens is 360 g/mol. The average Bonchev–Trinajstić information content (AvgIpc) is 3.00. The highest BCUT2D eigenvalue weighted by molar-refractivity contribution is 7.92. The van der Waals surface area contributed by atoms with Crippen molar-refractivity contribution in [3.63, 3.8) is 0 Å². The molecule has 0 saturated heterocycles. The van der Waals surface area contributed by atoms with Gasteiger partial charge in [0.2, 0.25) is 10.0 Å². The molecule has 140 valence electrons. The maximum Gasteiger partial charge on any atom is 0.340 e. The van der Waals surface area contributed by atoms with Gasteiger partial charge in [-0.25, -0.2) is 17.9 Å². The molecule has 1 heterocycles. The standard InChI is InChI=1S/C16H20N4O5S/c1-11(2)20-14(8-9-17-20)18-15(21)10-25-16(22)12-6-4-5-7-13(12)19-26(3,23)24/h4-9,11,19H,10H2,1-3H3,(H,18,21). The summed E-state index contributed by atoms with van der Waals surface area (Å²) < 4.78 is 31.6. The number of rotatable bonds is 7. The molecule has 10 heteroatoms. The fraction of sp³-hybridized carbons (Fsp3) is 0.312. The lowest BCUT2D eigenvalue weighted by atomic mass is 10.2. The van der Waals surface area contributed by atoms with Crippen molar-refractivity contribution in [2.75, 3.05) is 22.9 Å². The number of hydrogen-bond donors (Lipinski definition) is 2. The number of ether oxygens (including phenoxy) is 1. The minimum atomic E-state index is -3.56. The molecule has 2 aromatic rings. The third kappa shape index (κ3) is 5.31. The van der Waals surface area contributed by atoms with Crippen molar-refractivity contribution in [3.8, 4) is 0 Å². The Morgan fingerprint density at radius 3 is 2.58 bits per heavy atom. The van der Waals surface area contributed by atoms with Gasteiger partial charge in [-0.2, -0.15) is 5.10 Å². The topological polar surface area (TPSA) is 119 Å². The van der Waals surface area contributed by atoms with Crippen LogP contribution in [-0.2, 0) is 19.6 Å². The highest BCUT2D eigenvalue weighted by atomic mass is 32.2. The third-order valence-electron chi connectivity index (χ3n) is 3.20. The summed E-state index contributed by atoms with van der Waals surface area (Å²) in [6, 6.07) is 7.65. The molecule has 1 aromatic heterocycles. The zero-order valence-corrected chi connectivity index (χ0v) is 15.4. The number of sulfonamides is 1. The molecule has 0 aliphatic rings. The van der Waals surface area contributed by atoms with Gasteiger partial charge in [0.25, 0.3) is 5.91 Å². The fourth-order valence-corrected chi connectivity index (χ4v) is 2.74. The first-order chi connectivity index (χ1) is 12.2. The molecule has 0 bridgehead atoms. The minimum absolute atomic E-state index is 0.0120. The molecule has 0 unspecified atom stereocenters. The zero-order chi connectivity index (χ0) is 19.3. The number of para-hydroxylation sites is 1. The van der Waals surface area contributed by atoms with Crippen LogP contribution in [0.15, 0.2) is 36.5 Å². The molecule has 0 aliphatic heterocycles. The van der Waals surface area contributed by atoms with E-state index in [2.05, 4.69) is 15.1 Å². The quantitative estimate of drug-likeness (QED) is 0.705. The van der Waals surface area contributed by atoms with E-state index in [1.54, 1.807) is 29.1 Å². The maximum atomic E-state index is 12.2. The van der Waals surface area contributed by atoms with Gasteiger partial charge in [0.15, 0.2) is 6.61 Å². The smallest absolute Gasteiger partial charge is 0.340 e. The first-order valence-electron chi connectivity index (χ1n) is 7.74. The Bertz CT molecular complexity index is 905. The lowest BCUT2D eigenvalue weighted by Crippen LogP contribution is -2.23. The SMILES string of the molecule is CC(C)n1nccc1NC(=O)COC(=O)c1ccccc1NS(C)(=O)=O. The van der Waals surface area contributed by atoms with Gasteiger partial charge < -0.3 is 10.1 Å². The second-order valence-electron chi connectivity index (χ2n) is 5.80. The lowest BCUT2D eigenvalue weighted by Gasteiger charge is -2.12. The van der Waals surface area contributed by atoms with E-state index < -0.39 is 28.5 Å². The van der Waals surface area contributed by atoms with E-state index in [-0.39, 0.29) is 17.3 Å². The number of nitrogens with one attached hydrogen (secondary N) is 2. The first kappa shape index (κ1) is 19.4. The highest BCUT2D eigenvalue weighted by Crippen LogP contribution is 2.17. The number of carbonyl (C=O) groups excluding carboxylic acids is 2. The van der Waals surface area contributed by atoms with E-state index in [1.807, 2.05) is 13.8 Å². The Hall–Kier alpha value is -2.88. The number of anilines is 2. The van der Waals surface area contributed by atoms with Crippen molar-refractivity contribution in [1.82, 2.24) is 9.78 Å². The molecule has 0 spiro atoms. The summed E-state index contributed by atoms with van der Waals surface area (Å²) in [6.07, 6.45) is 2.52. The van der Waals surface area contributed by atoms with Crippen molar-refractivity contribution in [1.29, 1.82) is 0 Å². The second-order valence-corrected chi connectivity index (χ2v) is 7.55. The maximum absolute atomic E-state index is 12.2. The minimum Gasteiger partial charge on any atom is -0.452 e. The fourth-order valence-electron chi connectivity index (χ4n) is 2.16. The monoisotopic (exact) mass is 380 g/mol. The molecule has 0 radical (unpaired) electrons. The molecule has 0 atom stereocenters. The van der Waals surface area contributed by atoms with E-state index in [9.17, 15) is 18.0 Å². The summed E-state index contributed by atoms with van der Waals surface area (Å²) in [6.45, 7) is 3.30. The summed E-state index contributed by atoms with van der Waals surface area (Å²) in [5.41, 5.74) is 0.0937. The van der Waals surface area contributed by atoms with Crippen molar-refractivity contribution < 1.29 is 22.7 Å². The Labute approximate surface area is 151 Å². The van der Waals surface area contributed by atoms with E-state index >= 15 is 0 Å². The number of amides is 1. The summed E-state index contributed by atoms with van der Waals surface area (Å²) in [5, 5.41) is 6.69. The number of carbonyl (C=O) groups is 2. The zero-order valence-electron chi connectivity index (χ0n) is 14.6. The number of aromatic nitrogens is 2. The van der Waals surface area contributed by atoms with Gasteiger partial charge in [0.1, 0.15) is 5.82 Å². The predicted octanol–water partition coefficient (Wildman–Crippen LogP) is 1.63. The van der Waals surface area contributed by atoms with Crippen LogP contribution in [-0.4, -0.2) is 42.9 Å². The van der Waals surface area contributed by atoms with Gasteiger partial charge in [-0.1, -0.05) is 12.1 Å². The predicted molar refractivity (Wildman–Crippen MR) is 96.4 cm³/mol. The van der Waals surface area contributed by atoms with Gasteiger partial charge in [-0.05, 0) is 26.0 Å². The number of esters is 1. The van der Waals surface area contributed by atoms with Crippen LogP contribution in [0.5, 0.6) is 0 Å². The van der Waals surface area contributed by atoms with Crippen LogP contribution in [0.3, 0.4) is 0 Å². The largest absolute Gasteiger partial charge is 0.452 e. The summed E-state index contributed by atoms with van der Waals surface area (Å²) in [7, 11) is -3.56. The Kier molecular flexibility index (Phi) is 5.98. The van der Waals surface area contributed by atoms with Crippen molar-refractivity contribution in [3.05, 3.63) is 42.1 Å². The van der Waals surface area contributed by atoms with Gasteiger partial charge in [0, 0.05) is 12.1 Å². The number of hydrogen-bond acceptors (Lipinski definition) is 6. The van der Waals surface area contributed by atoms with Crippen molar-refractivity contribution in [2.45, 2.75) is 19.9 Å². The van der Waals surface area contributed by atoms with Crippen LogP contribution in [0.25, 0.3) is 0 Å². The first-order valence-corrected chi connectivity index (χ1v) is 9.64. The summed E-state index contributed by atoms with van der Waals surface area (Å²) >= 11 is 0. The molecule has 0 aliphatic carbocycles. The molecule has 9 nitrogen and oxygen atoms in total. The van der Waals surface area contributed by atoms with Gasteiger partial charge in [-0.15, -0.1) is 0 Å². The second kappa shape index (κ2) is 8.00. The van der Waals surface area contributed by atoms with Crippen LogP contribution in [0.4, 0.5) is 11.5 Å². The lowest BCUT2D eigenvalue weighted by molar-refractivity contribution is -0.119. The van der Waals surface area contributed by atoms with Crippen LogP contribution in [0, 0.1) is 0 Å². The van der Waals surface area contributed by atoms with Crippen LogP contribution in [0.2, 0.25) is 0 Å². The van der Waals surface area contributed by atoms with Crippen molar-refractivity contribution in [2.24, 2.45) is 0 Å². The molecular formula is C16H20N4O5S. The molecule has 0 saturated carbocycles. The van der Waals surface area contributed by atoms with Crippen LogP contribution in [0.1, 0.15) is 30.2 Å². The van der Waals surface area contributed by atoms with Crippen molar-refractivity contribution >= 4 is 33.4 Å². The summed E-state index contributed by atoms with van der Waals surface area (Å²) in [5.74, 6) is -0.862. The highest BCUT2D eigenvalue weighted by Gasteiger charge is 2.17. The molecule has 26 heavy (non-hydrogen) atoms. The Morgan fingerprint density at radius 1 is 1.23 bits per heavy atom. The Morgan fingerprint density at radius 2 is 1.92 bits per heavy atom. The Balaban J connectivity index is 2.00. The van der Waals surface area contributed by atoms with Gasteiger partial charge in [-0.3, -0.25) is 9.52 Å². The van der Waals surface area contributed by atoms with E-state index in [4.69, 9.17) is 4.74 Å². The molecule has 1 amide bonds.